The van der Waals surface area contributed by atoms with Crippen LogP contribution in [0.25, 0.3) is 49.4 Å². The highest BCUT2D eigenvalue weighted by molar-refractivity contribution is 6.15. The number of rotatable bonds is 9. The van der Waals surface area contributed by atoms with Gasteiger partial charge in [-0.05, 0) is 129 Å². The molecule has 0 fully saturated rings. The van der Waals surface area contributed by atoms with Gasteiger partial charge >= 0.3 is 0 Å². The Labute approximate surface area is 396 Å². The van der Waals surface area contributed by atoms with Gasteiger partial charge in [0.2, 0.25) is 0 Å². The van der Waals surface area contributed by atoms with Gasteiger partial charge in [-0.2, -0.15) is 0 Å². The van der Waals surface area contributed by atoms with Crippen LogP contribution in [0.15, 0.2) is 273 Å². The van der Waals surface area contributed by atoms with E-state index in [1.165, 1.54) is 54.9 Å². The lowest BCUT2D eigenvalue weighted by atomic mass is 9.67. The number of benzene rings is 11. The van der Waals surface area contributed by atoms with E-state index in [2.05, 4.69) is 287 Å². The number of nitrogens with zero attached hydrogens (tertiary/aromatic N) is 3. The van der Waals surface area contributed by atoms with Crippen molar-refractivity contribution in [3.05, 3.63) is 295 Å². The molecule has 0 N–H and O–H groups in total. The molecule has 0 saturated carbocycles. The highest BCUT2D eigenvalue weighted by Crippen LogP contribution is 2.57. The van der Waals surface area contributed by atoms with E-state index in [-0.39, 0.29) is 0 Å². The van der Waals surface area contributed by atoms with Gasteiger partial charge in [0, 0.05) is 44.9 Å². The molecular formula is C65H45N3. The summed E-state index contributed by atoms with van der Waals surface area (Å²) in [6.45, 7) is 0. The molecule has 1 heterocycles. The monoisotopic (exact) mass is 867 g/mol. The van der Waals surface area contributed by atoms with E-state index in [0.717, 1.165) is 50.8 Å². The van der Waals surface area contributed by atoms with Gasteiger partial charge in [0.1, 0.15) is 0 Å². The van der Waals surface area contributed by atoms with E-state index in [9.17, 15) is 0 Å². The molecule has 0 spiro atoms. The van der Waals surface area contributed by atoms with Gasteiger partial charge in [-0.3, -0.25) is 0 Å². The average molecular weight is 868 g/mol. The third-order valence-corrected chi connectivity index (χ3v) is 14.0. The molecule has 11 aromatic carbocycles. The molecule has 3 nitrogen and oxygen atoms in total. The van der Waals surface area contributed by atoms with Crippen LogP contribution in [0.4, 0.5) is 34.1 Å². The van der Waals surface area contributed by atoms with Crippen LogP contribution in [0.2, 0.25) is 0 Å². The van der Waals surface area contributed by atoms with Crippen LogP contribution >= 0.6 is 0 Å². The Hall–Kier alpha value is -8.92. The second kappa shape index (κ2) is 16.2. The second-order valence-corrected chi connectivity index (χ2v) is 17.7. The Morgan fingerprint density at radius 3 is 1.53 bits per heavy atom. The molecule has 3 heteroatoms. The highest BCUT2D eigenvalue weighted by atomic mass is 15.2. The fourth-order valence-corrected chi connectivity index (χ4v) is 11.1. The number of hydrogen-bond donors (Lipinski definition) is 0. The molecule has 68 heavy (non-hydrogen) atoms. The SMILES string of the molecule is c1ccc(N(c2ccc3ccccc3c2)c2ccc3c(c2)c2cccc(N(c4ccccc4)c4cccc(C5(c6ccccc6)c6ccccc6-c6ccccc65)c4)c2n3-c2ccccc2)cc1. The Kier molecular flexibility index (Phi) is 9.40. The van der Waals surface area contributed by atoms with Crippen molar-refractivity contribution in [2.24, 2.45) is 0 Å². The number of fused-ring (bicyclic) bond motifs is 7. The van der Waals surface area contributed by atoms with Gasteiger partial charge in [-0.15, -0.1) is 0 Å². The first-order valence-corrected chi connectivity index (χ1v) is 23.4. The third-order valence-electron chi connectivity index (χ3n) is 14.0. The predicted molar refractivity (Wildman–Crippen MR) is 285 cm³/mol. The molecule has 0 saturated heterocycles. The Bertz CT molecular complexity index is 3760. The lowest BCUT2D eigenvalue weighted by Gasteiger charge is -2.35. The molecular weight excluding hydrogens is 823 g/mol. The minimum atomic E-state index is -0.538. The van der Waals surface area contributed by atoms with Crippen LogP contribution in [0.3, 0.4) is 0 Å². The van der Waals surface area contributed by atoms with Crippen LogP contribution in [0, 0.1) is 0 Å². The Morgan fingerprint density at radius 2 is 0.824 bits per heavy atom. The molecule has 0 atom stereocenters. The van der Waals surface area contributed by atoms with Gasteiger partial charge in [-0.25, -0.2) is 0 Å². The molecule has 320 valence electrons. The van der Waals surface area contributed by atoms with E-state index in [0.29, 0.717) is 0 Å². The molecule has 1 aromatic heterocycles. The van der Waals surface area contributed by atoms with E-state index >= 15 is 0 Å². The zero-order valence-electron chi connectivity index (χ0n) is 37.3. The first-order chi connectivity index (χ1) is 33.8. The lowest BCUT2D eigenvalue weighted by Crippen LogP contribution is -2.28. The summed E-state index contributed by atoms with van der Waals surface area (Å²) in [6.07, 6.45) is 0. The molecule has 12 aromatic rings. The second-order valence-electron chi connectivity index (χ2n) is 17.7. The summed E-state index contributed by atoms with van der Waals surface area (Å²) in [5.74, 6) is 0. The molecule has 1 aliphatic carbocycles. The maximum absolute atomic E-state index is 2.46. The third kappa shape index (κ3) is 6.21. The fourth-order valence-electron chi connectivity index (χ4n) is 11.1. The summed E-state index contributed by atoms with van der Waals surface area (Å²) in [5.41, 5.74) is 17.0. The van der Waals surface area contributed by atoms with Gasteiger partial charge < -0.3 is 14.4 Å². The summed E-state index contributed by atoms with van der Waals surface area (Å²) in [5, 5.41) is 4.78. The number of para-hydroxylation sites is 4. The zero-order valence-corrected chi connectivity index (χ0v) is 37.3. The Balaban J connectivity index is 1.06. The van der Waals surface area contributed by atoms with Crippen molar-refractivity contribution >= 4 is 66.7 Å². The van der Waals surface area contributed by atoms with Crippen molar-refractivity contribution < 1.29 is 0 Å². The maximum Gasteiger partial charge on any atom is 0.0782 e. The van der Waals surface area contributed by atoms with Gasteiger partial charge in [0.05, 0.1) is 22.1 Å². The molecule has 0 aliphatic heterocycles. The molecule has 0 bridgehead atoms. The van der Waals surface area contributed by atoms with E-state index in [1.54, 1.807) is 0 Å². The largest absolute Gasteiger partial charge is 0.310 e. The fraction of sp³-hybridized carbons (Fsp3) is 0.0154. The lowest BCUT2D eigenvalue weighted by molar-refractivity contribution is 0.768. The smallest absolute Gasteiger partial charge is 0.0782 e. The Morgan fingerprint density at radius 1 is 0.309 bits per heavy atom. The number of aromatic nitrogens is 1. The van der Waals surface area contributed by atoms with Gasteiger partial charge in [-0.1, -0.05) is 188 Å². The molecule has 0 unspecified atom stereocenters. The summed E-state index contributed by atoms with van der Waals surface area (Å²) >= 11 is 0. The molecule has 0 radical (unpaired) electrons. The normalized spacial score (nSPS) is 12.5. The highest BCUT2D eigenvalue weighted by Gasteiger charge is 2.46. The summed E-state index contributed by atoms with van der Waals surface area (Å²) in [6, 6.07) is 99.8. The van der Waals surface area contributed by atoms with Crippen molar-refractivity contribution in [1.82, 2.24) is 4.57 Å². The van der Waals surface area contributed by atoms with Gasteiger partial charge in [0.25, 0.3) is 0 Å². The van der Waals surface area contributed by atoms with Gasteiger partial charge in [0.15, 0.2) is 0 Å². The van der Waals surface area contributed by atoms with Crippen LogP contribution in [-0.4, -0.2) is 4.57 Å². The van der Waals surface area contributed by atoms with Crippen molar-refractivity contribution in [3.63, 3.8) is 0 Å². The molecule has 1 aliphatic rings. The summed E-state index contributed by atoms with van der Waals surface area (Å²) in [4.78, 5) is 4.84. The van der Waals surface area contributed by atoms with E-state index < -0.39 is 5.41 Å². The van der Waals surface area contributed by atoms with Crippen molar-refractivity contribution in [1.29, 1.82) is 0 Å². The predicted octanol–water partition coefficient (Wildman–Crippen LogP) is 17.2. The minimum Gasteiger partial charge on any atom is -0.310 e. The minimum absolute atomic E-state index is 0.538. The summed E-state index contributed by atoms with van der Waals surface area (Å²) < 4.78 is 2.46. The zero-order chi connectivity index (χ0) is 45.0. The van der Waals surface area contributed by atoms with E-state index in [1.807, 2.05) is 0 Å². The molecule has 0 amide bonds. The van der Waals surface area contributed by atoms with Crippen molar-refractivity contribution in [3.8, 4) is 16.8 Å². The summed E-state index contributed by atoms with van der Waals surface area (Å²) in [7, 11) is 0. The van der Waals surface area contributed by atoms with E-state index in [4.69, 9.17) is 0 Å². The van der Waals surface area contributed by atoms with Crippen LogP contribution in [0.5, 0.6) is 0 Å². The average Bonchev–Trinajstić information content (AvgIpc) is 3.91. The topological polar surface area (TPSA) is 11.4 Å². The standard InChI is InChI=1S/C65H45N3/c1-5-23-48(24-6-1)65(60-36-17-15-33-56(60)57-34-16-18-37-61(57)65)49-25-19-32-53(44-49)67(51-28-9-3-10-29-51)63-38-20-35-58-59-45-55(41-42-62(59)68(64(58)63)52-30-11-4-12-31-52)66(50-26-7-2-8-27-50)54-40-39-46-21-13-14-22-47(46)43-54/h1-45H. The van der Waals surface area contributed by atoms with Crippen LogP contribution in [0.1, 0.15) is 22.3 Å². The quantitative estimate of drug-likeness (QED) is 0.143. The molecule has 13 rings (SSSR count). The van der Waals surface area contributed by atoms with Crippen LogP contribution < -0.4 is 9.80 Å². The van der Waals surface area contributed by atoms with Crippen molar-refractivity contribution in [2.75, 3.05) is 9.80 Å². The number of anilines is 6. The number of hydrogen-bond acceptors (Lipinski definition) is 2. The van der Waals surface area contributed by atoms with Crippen LogP contribution in [-0.2, 0) is 5.41 Å². The first-order valence-electron chi connectivity index (χ1n) is 23.4. The van der Waals surface area contributed by atoms with Crippen molar-refractivity contribution in [2.45, 2.75) is 5.41 Å². The first kappa shape index (κ1) is 39.4. The maximum atomic E-state index is 2.46.